The van der Waals surface area contributed by atoms with Crippen molar-refractivity contribution >= 4 is 5.97 Å². The van der Waals surface area contributed by atoms with E-state index >= 15 is 0 Å². The molecule has 0 N–H and O–H groups in total. The molecule has 0 aromatic carbocycles. The van der Waals surface area contributed by atoms with Gasteiger partial charge in [-0.05, 0) is 68.1 Å². The van der Waals surface area contributed by atoms with Crippen LogP contribution in [0.25, 0.3) is 0 Å². The van der Waals surface area contributed by atoms with E-state index in [2.05, 4.69) is 30.9 Å². The first kappa shape index (κ1) is 23.6. The predicted molar refractivity (Wildman–Crippen MR) is 126 cm³/mol. The van der Waals surface area contributed by atoms with E-state index in [1.165, 1.54) is 30.4 Å². The van der Waals surface area contributed by atoms with Crippen LogP contribution in [0.3, 0.4) is 0 Å². The standard InChI is InChI=1S/C25H33NO2.C2H6O/c1-5-7-19-17(2)9-10-21-20(19)13-14-25(3)22(21)11-12-23(25)28-24(27)18-8-6-15-26(4)16-18;1-3-2/h5-7,15-16,20-23H,1-2,8-14H2,3-4H3;1-2H3/b19-7+;. The summed E-state index contributed by atoms with van der Waals surface area (Å²) < 4.78 is 10.4. The Kier molecular flexibility index (Phi) is 7.64. The van der Waals surface area contributed by atoms with Gasteiger partial charge >= 0.3 is 5.97 Å². The molecule has 0 aromatic heterocycles. The van der Waals surface area contributed by atoms with E-state index in [9.17, 15) is 4.79 Å². The molecule has 170 valence electrons. The fourth-order valence-electron chi connectivity index (χ4n) is 6.37. The van der Waals surface area contributed by atoms with Crippen LogP contribution in [0.2, 0.25) is 0 Å². The molecule has 5 atom stereocenters. The molecule has 31 heavy (non-hydrogen) atoms. The van der Waals surface area contributed by atoms with Crippen LogP contribution < -0.4 is 0 Å². The fraction of sp³-hybridized carbons (Fsp3) is 0.593. The average molecular weight is 426 g/mol. The topological polar surface area (TPSA) is 38.8 Å². The van der Waals surface area contributed by atoms with Crippen molar-refractivity contribution in [2.75, 3.05) is 21.3 Å². The summed E-state index contributed by atoms with van der Waals surface area (Å²) in [5, 5.41) is 0. The maximum absolute atomic E-state index is 12.8. The maximum atomic E-state index is 12.8. The van der Waals surface area contributed by atoms with Crippen molar-refractivity contribution in [3.8, 4) is 0 Å². The Bertz CT molecular complexity index is 792. The monoisotopic (exact) mass is 425 g/mol. The zero-order valence-corrected chi connectivity index (χ0v) is 19.7. The number of ether oxygens (including phenoxy) is 2. The van der Waals surface area contributed by atoms with E-state index < -0.39 is 0 Å². The van der Waals surface area contributed by atoms with Gasteiger partial charge in [-0.15, -0.1) is 0 Å². The molecule has 0 amide bonds. The number of hydrogen-bond acceptors (Lipinski definition) is 4. The molecule has 5 unspecified atom stereocenters. The minimum atomic E-state index is -0.130. The van der Waals surface area contributed by atoms with E-state index in [0.717, 1.165) is 24.8 Å². The minimum absolute atomic E-state index is 0.0417. The molecule has 4 heteroatoms. The second-order valence-electron chi connectivity index (χ2n) is 9.71. The molecule has 4 aliphatic rings. The summed E-state index contributed by atoms with van der Waals surface area (Å²) >= 11 is 0. The third-order valence-corrected chi connectivity index (χ3v) is 7.78. The molecule has 0 bridgehead atoms. The molecule has 0 saturated heterocycles. The lowest BCUT2D eigenvalue weighted by Gasteiger charge is -2.51. The molecule has 4 rings (SSSR count). The van der Waals surface area contributed by atoms with E-state index in [0.29, 0.717) is 24.2 Å². The van der Waals surface area contributed by atoms with Gasteiger partial charge in [0.15, 0.2) is 0 Å². The third kappa shape index (κ3) is 4.74. The number of carbonyl (C=O) groups excluding carboxylic acids is 1. The first-order valence-electron chi connectivity index (χ1n) is 11.6. The predicted octanol–water partition coefficient (Wildman–Crippen LogP) is 5.80. The highest BCUT2D eigenvalue weighted by Gasteiger charge is 2.56. The lowest BCUT2D eigenvalue weighted by atomic mass is 9.54. The van der Waals surface area contributed by atoms with Gasteiger partial charge in [0, 0.05) is 39.3 Å². The zero-order chi connectivity index (χ0) is 22.6. The second kappa shape index (κ2) is 10.0. The summed E-state index contributed by atoms with van der Waals surface area (Å²) in [6.45, 7) is 10.6. The molecule has 3 saturated carbocycles. The smallest absolute Gasteiger partial charge is 0.336 e. The van der Waals surface area contributed by atoms with Gasteiger partial charge in [-0.2, -0.15) is 0 Å². The van der Waals surface area contributed by atoms with Gasteiger partial charge in [0.05, 0.1) is 5.57 Å². The lowest BCUT2D eigenvalue weighted by molar-refractivity contribution is -0.153. The number of hydrogen-bond donors (Lipinski definition) is 0. The fourth-order valence-corrected chi connectivity index (χ4v) is 6.37. The highest BCUT2D eigenvalue weighted by Crippen LogP contribution is 2.61. The first-order chi connectivity index (χ1) is 14.8. The van der Waals surface area contributed by atoms with Crippen LogP contribution in [0.5, 0.6) is 0 Å². The highest BCUT2D eigenvalue weighted by atomic mass is 16.5. The molecule has 0 aromatic rings. The van der Waals surface area contributed by atoms with E-state index in [-0.39, 0.29) is 17.5 Å². The number of fused-ring (bicyclic) bond motifs is 3. The Labute approximate surface area is 188 Å². The van der Waals surface area contributed by atoms with Gasteiger partial charge in [0.2, 0.25) is 0 Å². The average Bonchev–Trinajstić information content (AvgIpc) is 3.07. The van der Waals surface area contributed by atoms with Crippen molar-refractivity contribution in [2.24, 2.45) is 23.2 Å². The van der Waals surface area contributed by atoms with E-state index in [1.54, 1.807) is 14.2 Å². The first-order valence-corrected chi connectivity index (χ1v) is 11.6. The highest BCUT2D eigenvalue weighted by molar-refractivity contribution is 5.89. The van der Waals surface area contributed by atoms with Crippen LogP contribution in [0.15, 0.2) is 60.5 Å². The van der Waals surface area contributed by atoms with Gasteiger partial charge in [0.1, 0.15) is 6.10 Å². The molecule has 4 nitrogen and oxygen atoms in total. The van der Waals surface area contributed by atoms with Crippen LogP contribution in [-0.4, -0.2) is 38.2 Å². The molecule has 0 spiro atoms. The minimum Gasteiger partial charge on any atom is -0.458 e. The number of carbonyl (C=O) groups is 1. The van der Waals surface area contributed by atoms with Crippen LogP contribution in [0.4, 0.5) is 0 Å². The Morgan fingerprint density at radius 3 is 2.68 bits per heavy atom. The van der Waals surface area contributed by atoms with Crippen molar-refractivity contribution < 1.29 is 14.3 Å². The summed E-state index contributed by atoms with van der Waals surface area (Å²) in [5.74, 6) is 1.79. The quantitative estimate of drug-likeness (QED) is 0.536. The molecule has 3 aliphatic carbocycles. The molecular formula is C27H39NO3. The number of methoxy groups -OCH3 is 1. The number of esters is 1. The van der Waals surface area contributed by atoms with Crippen LogP contribution >= 0.6 is 0 Å². The van der Waals surface area contributed by atoms with Gasteiger partial charge in [-0.3, -0.25) is 0 Å². The van der Waals surface area contributed by atoms with E-state index in [1.807, 2.05) is 36.5 Å². The van der Waals surface area contributed by atoms with Gasteiger partial charge in [0.25, 0.3) is 0 Å². The molecule has 1 heterocycles. The van der Waals surface area contributed by atoms with Crippen molar-refractivity contribution in [3.05, 3.63) is 60.5 Å². The zero-order valence-electron chi connectivity index (χ0n) is 19.7. The Hall–Kier alpha value is -2.07. The summed E-state index contributed by atoms with van der Waals surface area (Å²) in [6, 6.07) is 0. The van der Waals surface area contributed by atoms with Crippen molar-refractivity contribution in [2.45, 2.75) is 58.0 Å². The number of nitrogens with zero attached hydrogens (tertiary/aromatic N) is 1. The summed E-state index contributed by atoms with van der Waals surface area (Å²) in [5.41, 5.74) is 3.59. The molecule has 3 fully saturated rings. The van der Waals surface area contributed by atoms with Crippen LogP contribution in [-0.2, 0) is 14.3 Å². The van der Waals surface area contributed by atoms with Gasteiger partial charge in [-0.25, -0.2) is 4.79 Å². The molecule has 0 radical (unpaired) electrons. The van der Waals surface area contributed by atoms with E-state index in [4.69, 9.17) is 4.74 Å². The van der Waals surface area contributed by atoms with Crippen LogP contribution in [0.1, 0.15) is 51.9 Å². The summed E-state index contributed by atoms with van der Waals surface area (Å²) in [7, 11) is 5.20. The molecular weight excluding hydrogens is 386 g/mol. The Balaban J connectivity index is 0.000000858. The lowest BCUT2D eigenvalue weighted by Crippen LogP contribution is -2.46. The van der Waals surface area contributed by atoms with Crippen LogP contribution in [0, 0.1) is 23.2 Å². The molecule has 1 aliphatic heterocycles. The largest absolute Gasteiger partial charge is 0.458 e. The SMILES string of the molecule is C=C/C=C1\C(=C)CCC2C1CCC1(C)C(OC(=O)C3=CN(C)C=CC3)CCC21.COC. The normalized spacial score (nSPS) is 35.5. The van der Waals surface area contributed by atoms with Crippen molar-refractivity contribution in [3.63, 3.8) is 0 Å². The maximum Gasteiger partial charge on any atom is 0.336 e. The number of rotatable bonds is 3. The second-order valence-corrected chi connectivity index (χ2v) is 9.71. The van der Waals surface area contributed by atoms with Crippen molar-refractivity contribution in [1.82, 2.24) is 4.90 Å². The Morgan fingerprint density at radius 2 is 2.00 bits per heavy atom. The summed E-state index contributed by atoms with van der Waals surface area (Å²) in [6.07, 6.45) is 17.5. The third-order valence-electron chi connectivity index (χ3n) is 7.78. The van der Waals surface area contributed by atoms with Gasteiger partial charge < -0.3 is 14.4 Å². The van der Waals surface area contributed by atoms with Gasteiger partial charge in [-0.1, -0.05) is 43.9 Å². The van der Waals surface area contributed by atoms with Crippen molar-refractivity contribution in [1.29, 1.82) is 0 Å². The Morgan fingerprint density at radius 1 is 1.26 bits per heavy atom. The number of allylic oxidation sites excluding steroid dienone is 5. The summed E-state index contributed by atoms with van der Waals surface area (Å²) in [4.78, 5) is 14.7.